The molecule has 0 aliphatic rings. The summed E-state index contributed by atoms with van der Waals surface area (Å²) < 4.78 is 24.8. The van der Waals surface area contributed by atoms with Gasteiger partial charge in [0, 0.05) is 41.0 Å². The third-order valence-electron chi connectivity index (χ3n) is 4.14. The van der Waals surface area contributed by atoms with Gasteiger partial charge in [-0.05, 0) is 35.9 Å². The molecule has 2 amide bonds. The van der Waals surface area contributed by atoms with Crippen molar-refractivity contribution in [1.82, 2.24) is 10.3 Å². The fraction of sp³-hybridized carbons (Fsp3) is 0.200. The number of amides is 2. The number of aromatic amines is 1. The number of carbonyl (C=O) groups excluding carboxylic acids is 2. The van der Waals surface area contributed by atoms with Gasteiger partial charge in [-0.3, -0.25) is 9.59 Å². The van der Waals surface area contributed by atoms with Gasteiger partial charge in [-0.25, -0.2) is 0 Å². The average Bonchev–Trinajstić information content (AvgIpc) is 3.05. The summed E-state index contributed by atoms with van der Waals surface area (Å²) in [4.78, 5) is 27.8. The third kappa shape index (κ3) is 5.10. The van der Waals surface area contributed by atoms with Crippen LogP contribution in [-0.2, 0) is 16.0 Å². The SMILES string of the molecule is CC(=O)NC(Cc1c[nH]c2ccccc12)C(=O)Nc1ccc(SC(F)F)cc1. The Morgan fingerprint density at radius 2 is 1.82 bits per heavy atom. The normalized spacial score (nSPS) is 12.1. The van der Waals surface area contributed by atoms with Gasteiger partial charge in [-0.15, -0.1) is 0 Å². The fourth-order valence-corrected chi connectivity index (χ4v) is 3.42. The number of carbonyl (C=O) groups is 2. The molecular formula is C20H19F2N3O2S. The number of aromatic nitrogens is 1. The molecule has 0 radical (unpaired) electrons. The fourth-order valence-electron chi connectivity index (χ4n) is 2.92. The van der Waals surface area contributed by atoms with Gasteiger partial charge in [0.1, 0.15) is 6.04 Å². The zero-order chi connectivity index (χ0) is 20.1. The maximum Gasteiger partial charge on any atom is 0.288 e. The van der Waals surface area contributed by atoms with Crippen molar-refractivity contribution in [1.29, 1.82) is 0 Å². The molecule has 1 heterocycles. The number of halogens is 2. The van der Waals surface area contributed by atoms with E-state index in [0.717, 1.165) is 16.5 Å². The molecule has 1 atom stereocenters. The lowest BCUT2D eigenvalue weighted by Gasteiger charge is -2.17. The zero-order valence-electron chi connectivity index (χ0n) is 15.0. The first-order valence-electron chi connectivity index (χ1n) is 8.60. The number of hydrogen-bond donors (Lipinski definition) is 3. The van der Waals surface area contributed by atoms with Gasteiger partial charge >= 0.3 is 0 Å². The number of benzene rings is 2. The minimum atomic E-state index is -2.50. The molecule has 1 unspecified atom stereocenters. The Balaban J connectivity index is 1.73. The highest BCUT2D eigenvalue weighted by Gasteiger charge is 2.21. The monoisotopic (exact) mass is 403 g/mol. The predicted molar refractivity (Wildman–Crippen MR) is 107 cm³/mol. The van der Waals surface area contributed by atoms with Gasteiger partial charge in [-0.2, -0.15) is 8.78 Å². The van der Waals surface area contributed by atoms with Crippen LogP contribution in [0.4, 0.5) is 14.5 Å². The smallest absolute Gasteiger partial charge is 0.288 e. The summed E-state index contributed by atoms with van der Waals surface area (Å²) in [5.74, 6) is -3.20. The molecule has 3 aromatic rings. The second-order valence-corrected chi connectivity index (χ2v) is 7.27. The number of rotatable bonds is 7. The van der Waals surface area contributed by atoms with Crippen LogP contribution in [0.5, 0.6) is 0 Å². The molecule has 3 rings (SSSR count). The largest absolute Gasteiger partial charge is 0.361 e. The Kier molecular flexibility index (Phi) is 6.30. The summed E-state index contributed by atoms with van der Waals surface area (Å²) in [6.45, 7) is 1.35. The predicted octanol–water partition coefficient (Wildman–Crippen LogP) is 4.17. The minimum absolute atomic E-state index is 0.314. The summed E-state index contributed by atoms with van der Waals surface area (Å²) in [5.41, 5.74) is 2.33. The number of H-pyrrole nitrogens is 1. The van der Waals surface area contributed by atoms with E-state index in [4.69, 9.17) is 0 Å². The number of hydrogen-bond acceptors (Lipinski definition) is 3. The van der Waals surface area contributed by atoms with Gasteiger partial charge in [-0.1, -0.05) is 30.0 Å². The number of thioether (sulfide) groups is 1. The number of nitrogens with one attached hydrogen (secondary N) is 3. The highest BCUT2D eigenvalue weighted by molar-refractivity contribution is 7.99. The van der Waals surface area contributed by atoms with E-state index in [1.165, 1.54) is 19.1 Å². The molecule has 2 aromatic carbocycles. The Morgan fingerprint density at radius 3 is 2.50 bits per heavy atom. The lowest BCUT2D eigenvalue weighted by molar-refractivity contribution is -0.125. The van der Waals surface area contributed by atoms with E-state index in [0.29, 0.717) is 28.8 Å². The second kappa shape index (κ2) is 8.88. The molecule has 0 saturated heterocycles. The van der Waals surface area contributed by atoms with Crippen molar-refractivity contribution >= 4 is 40.2 Å². The van der Waals surface area contributed by atoms with Crippen LogP contribution in [0.15, 0.2) is 59.6 Å². The molecule has 0 aliphatic carbocycles. The van der Waals surface area contributed by atoms with E-state index in [-0.39, 0.29) is 11.8 Å². The van der Waals surface area contributed by atoms with Crippen LogP contribution in [0.25, 0.3) is 10.9 Å². The van der Waals surface area contributed by atoms with E-state index < -0.39 is 11.8 Å². The summed E-state index contributed by atoms with van der Waals surface area (Å²) in [5, 5.41) is 6.39. The van der Waals surface area contributed by atoms with Gasteiger partial charge in [0.05, 0.1) is 0 Å². The van der Waals surface area contributed by atoms with Gasteiger partial charge in [0.2, 0.25) is 11.8 Å². The quantitative estimate of drug-likeness (QED) is 0.519. The molecule has 8 heteroatoms. The number of alkyl halides is 2. The van der Waals surface area contributed by atoms with Crippen LogP contribution in [-0.4, -0.2) is 28.6 Å². The van der Waals surface area contributed by atoms with Crippen LogP contribution in [0.2, 0.25) is 0 Å². The van der Waals surface area contributed by atoms with Crippen LogP contribution in [0.1, 0.15) is 12.5 Å². The Morgan fingerprint density at radius 1 is 1.11 bits per heavy atom. The number of anilines is 1. The van der Waals surface area contributed by atoms with Crippen molar-refractivity contribution in [2.45, 2.75) is 30.0 Å². The average molecular weight is 403 g/mol. The van der Waals surface area contributed by atoms with Crippen LogP contribution >= 0.6 is 11.8 Å². The number of fused-ring (bicyclic) bond motifs is 1. The molecular weight excluding hydrogens is 384 g/mol. The molecule has 1 aromatic heterocycles. The third-order valence-corrected chi connectivity index (χ3v) is 4.86. The van der Waals surface area contributed by atoms with Crippen molar-refractivity contribution in [3.05, 3.63) is 60.3 Å². The maximum atomic E-state index is 12.7. The second-order valence-electron chi connectivity index (χ2n) is 6.21. The van der Waals surface area contributed by atoms with Crippen molar-refractivity contribution in [3.63, 3.8) is 0 Å². The van der Waals surface area contributed by atoms with Crippen molar-refractivity contribution < 1.29 is 18.4 Å². The van der Waals surface area contributed by atoms with Gasteiger partial charge in [0.25, 0.3) is 5.76 Å². The lowest BCUT2D eigenvalue weighted by Crippen LogP contribution is -2.44. The molecule has 5 nitrogen and oxygen atoms in total. The Bertz CT molecular complexity index is 973. The summed E-state index contributed by atoms with van der Waals surface area (Å²) in [6.07, 6.45) is 2.14. The van der Waals surface area contributed by atoms with Crippen molar-refractivity contribution in [2.75, 3.05) is 5.32 Å². The first kappa shape index (κ1) is 19.9. The topological polar surface area (TPSA) is 74.0 Å². The van der Waals surface area contributed by atoms with E-state index in [1.54, 1.807) is 12.1 Å². The van der Waals surface area contributed by atoms with Crippen LogP contribution < -0.4 is 10.6 Å². The highest BCUT2D eigenvalue weighted by atomic mass is 32.2. The van der Waals surface area contributed by atoms with E-state index >= 15 is 0 Å². The van der Waals surface area contributed by atoms with Crippen molar-refractivity contribution in [3.8, 4) is 0 Å². The van der Waals surface area contributed by atoms with E-state index in [2.05, 4.69) is 15.6 Å². The van der Waals surface area contributed by atoms with Crippen LogP contribution in [0, 0.1) is 0 Å². The standard InChI is InChI=1S/C20H19F2N3O2S/c1-12(26)24-18(10-13-11-23-17-5-3-2-4-16(13)17)19(27)25-14-6-8-15(9-7-14)28-20(21)22/h2-9,11,18,20,23H,10H2,1H3,(H,24,26)(H,25,27). The molecule has 0 bridgehead atoms. The Labute approximate surface area is 164 Å². The Hall–Kier alpha value is -2.87. The summed E-state index contributed by atoms with van der Waals surface area (Å²) >= 11 is 0.438. The van der Waals surface area contributed by atoms with E-state index in [1.807, 2.05) is 30.5 Å². The molecule has 0 spiro atoms. The molecule has 28 heavy (non-hydrogen) atoms. The summed E-state index contributed by atoms with van der Waals surface area (Å²) in [7, 11) is 0. The molecule has 3 N–H and O–H groups in total. The minimum Gasteiger partial charge on any atom is -0.361 e. The lowest BCUT2D eigenvalue weighted by atomic mass is 10.0. The molecule has 0 aliphatic heterocycles. The zero-order valence-corrected chi connectivity index (χ0v) is 15.9. The number of para-hydroxylation sites is 1. The molecule has 0 fully saturated rings. The van der Waals surface area contributed by atoms with Crippen LogP contribution in [0.3, 0.4) is 0 Å². The first-order valence-corrected chi connectivity index (χ1v) is 9.48. The van der Waals surface area contributed by atoms with E-state index in [9.17, 15) is 18.4 Å². The highest BCUT2D eigenvalue weighted by Crippen LogP contribution is 2.26. The van der Waals surface area contributed by atoms with Gasteiger partial charge in [0.15, 0.2) is 0 Å². The van der Waals surface area contributed by atoms with Crippen molar-refractivity contribution in [2.24, 2.45) is 0 Å². The first-order chi connectivity index (χ1) is 13.4. The molecule has 146 valence electrons. The summed E-state index contributed by atoms with van der Waals surface area (Å²) in [6, 6.07) is 13.1. The maximum absolute atomic E-state index is 12.7. The molecule has 0 saturated carbocycles. The van der Waals surface area contributed by atoms with Gasteiger partial charge < -0.3 is 15.6 Å².